The van der Waals surface area contributed by atoms with Crippen LogP contribution < -0.4 is 4.31 Å². The molecule has 0 aromatic heterocycles. The van der Waals surface area contributed by atoms with E-state index in [-0.39, 0.29) is 23.3 Å². The van der Waals surface area contributed by atoms with E-state index in [9.17, 15) is 13.2 Å². The van der Waals surface area contributed by atoms with Gasteiger partial charge in [0.2, 0.25) is 10.0 Å². The van der Waals surface area contributed by atoms with Crippen LogP contribution in [0.15, 0.2) is 91.0 Å². The molecule has 0 N–H and O–H groups in total. The molecule has 2 atom stereocenters. The summed E-state index contributed by atoms with van der Waals surface area (Å²) in [6, 6.07) is 29.7. The number of likely N-dealkylation sites (tertiary alicyclic amines) is 1. The van der Waals surface area contributed by atoms with E-state index >= 15 is 0 Å². The van der Waals surface area contributed by atoms with Crippen LogP contribution in [-0.2, 0) is 15.4 Å². The Kier molecular flexibility index (Phi) is 9.97. The fraction of sp³-hybridized carbons (Fsp3) is 0.359. The van der Waals surface area contributed by atoms with Crippen molar-refractivity contribution in [3.8, 4) is 0 Å². The molecule has 1 fully saturated rings. The van der Waals surface area contributed by atoms with Gasteiger partial charge in [-0.2, -0.15) is 0 Å². The van der Waals surface area contributed by atoms with Gasteiger partial charge in [-0.15, -0.1) is 0 Å². The maximum absolute atomic E-state index is 14.2. The van der Waals surface area contributed by atoms with Crippen molar-refractivity contribution in [1.29, 1.82) is 0 Å². The number of sulfonamides is 1. The molecule has 0 bridgehead atoms. The van der Waals surface area contributed by atoms with Crippen molar-refractivity contribution >= 4 is 44.8 Å². The lowest BCUT2D eigenvalue weighted by molar-refractivity contribution is 0.0692. The van der Waals surface area contributed by atoms with Crippen LogP contribution >= 0.6 is 23.2 Å². The molecule has 4 aromatic rings. The van der Waals surface area contributed by atoms with Gasteiger partial charge in [0.25, 0.3) is 5.91 Å². The average molecular weight is 705 g/mol. The quantitative estimate of drug-likeness (QED) is 0.176. The van der Waals surface area contributed by atoms with E-state index in [0.717, 1.165) is 72.4 Å². The minimum atomic E-state index is -3.37. The van der Waals surface area contributed by atoms with E-state index in [0.29, 0.717) is 22.2 Å². The molecule has 2 aliphatic rings. The number of carbonyl (C=O) groups is 1. The Morgan fingerprint density at radius 3 is 2.15 bits per heavy atom. The van der Waals surface area contributed by atoms with Crippen molar-refractivity contribution < 1.29 is 13.2 Å². The number of piperidine rings is 1. The number of para-hydroxylation sites is 1. The number of anilines is 1. The molecular weight excluding hydrogens is 661 g/mol. The number of aryl methyl sites for hydroxylation is 2. The summed E-state index contributed by atoms with van der Waals surface area (Å²) in [5.41, 5.74) is 6.62. The molecule has 6 nitrogen and oxygen atoms in total. The molecule has 0 aliphatic carbocycles. The highest BCUT2D eigenvalue weighted by molar-refractivity contribution is 7.92. The van der Waals surface area contributed by atoms with E-state index in [4.69, 9.17) is 23.2 Å². The molecule has 0 saturated carbocycles. The van der Waals surface area contributed by atoms with Gasteiger partial charge in [-0.3, -0.25) is 9.10 Å². The number of likely N-dealkylation sites (N-methyl/N-ethyl adjacent to an activating group) is 1. The second-order valence-corrected chi connectivity index (χ2v) is 16.3. The van der Waals surface area contributed by atoms with Crippen LogP contribution in [0, 0.1) is 13.8 Å². The second kappa shape index (κ2) is 13.9. The zero-order valence-electron chi connectivity index (χ0n) is 28.0. The van der Waals surface area contributed by atoms with Gasteiger partial charge in [0, 0.05) is 30.5 Å². The summed E-state index contributed by atoms with van der Waals surface area (Å²) in [6.07, 6.45) is 3.83. The molecule has 1 unspecified atom stereocenters. The minimum Gasteiger partial charge on any atom is -0.334 e. The fourth-order valence-electron chi connectivity index (χ4n) is 7.89. The van der Waals surface area contributed by atoms with E-state index < -0.39 is 10.0 Å². The van der Waals surface area contributed by atoms with Crippen LogP contribution in [0.5, 0.6) is 0 Å². The first-order chi connectivity index (χ1) is 22.9. The number of halogens is 2. The first kappa shape index (κ1) is 34.5. The summed E-state index contributed by atoms with van der Waals surface area (Å²) in [4.78, 5) is 18.6. The molecule has 6 rings (SSSR count). The van der Waals surface area contributed by atoms with Crippen molar-refractivity contribution in [1.82, 2.24) is 9.80 Å². The van der Waals surface area contributed by atoms with Crippen molar-refractivity contribution in [3.63, 3.8) is 0 Å². The molecule has 2 heterocycles. The maximum Gasteiger partial charge on any atom is 0.254 e. The predicted molar refractivity (Wildman–Crippen MR) is 197 cm³/mol. The Bertz CT molecular complexity index is 1890. The summed E-state index contributed by atoms with van der Waals surface area (Å²) in [7, 11) is -1.47. The highest BCUT2D eigenvalue weighted by Gasteiger charge is 2.47. The third kappa shape index (κ3) is 7.02. The van der Waals surface area contributed by atoms with Gasteiger partial charge in [0.05, 0.1) is 28.0 Å². The standard InChI is InChI=1S/C39H43Cl2N3O3S/c1-27-22-28(2)24-31(23-27)38(45)42(3)37(29-10-6-5-7-11-29)32(30-14-15-34(40)35(41)25-30)16-19-43-20-17-39(18-21-43)26-44(48(4,46)47)36-13-9-8-12-33(36)39/h5-15,22-25,32,37H,16-21,26H2,1-4H3/t32?,37-/m1/s1. The van der Waals surface area contributed by atoms with E-state index in [1.807, 2.05) is 92.5 Å². The number of fused-ring (bicyclic) bond motifs is 2. The van der Waals surface area contributed by atoms with E-state index in [2.05, 4.69) is 29.2 Å². The second-order valence-electron chi connectivity index (χ2n) is 13.6. The van der Waals surface area contributed by atoms with E-state index in [1.54, 1.807) is 4.31 Å². The molecule has 4 aromatic carbocycles. The van der Waals surface area contributed by atoms with Crippen LogP contribution in [0.25, 0.3) is 0 Å². The summed E-state index contributed by atoms with van der Waals surface area (Å²) >= 11 is 13.0. The molecule has 9 heteroatoms. The maximum atomic E-state index is 14.2. The molecular formula is C39H43Cl2N3O3S. The lowest BCUT2D eigenvalue weighted by Crippen LogP contribution is -2.46. The Labute approximate surface area is 295 Å². The molecule has 1 saturated heterocycles. The van der Waals surface area contributed by atoms with Crippen LogP contribution in [-0.4, -0.2) is 63.6 Å². The summed E-state index contributed by atoms with van der Waals surface area (Å²) in [6.45, 7) is 7.05. The van der Waals surface area contributed by atoms with Crippen molar-refractivity contribution in [3.05, 3.63) is 134 Å². The highest BCUT2D eigenvalue weighted by atomic mass is 35.5. The molecule has 252 valence electrons. The highest BCUT2D eigenvalue weighted by Crippen LogP contribution is 2.48. The SMILES string of the molecule is Cc1cc(C)cc(C(=O)N(C)[C@H](c2ccccc2)C(CCN2CCC3(CC2)CN(S(C)(=O)=O)c2ccccc23)c2ccc(Cl)c(Cl)c2)c1. The zero-order valence-corrected chi connectivity index (χ0v) is 30.3. The number of benzene rings is 4. The first-order valence-corrected chi connectivity index (χ1v) is 19.1. The number of hydrogen-bond acceptors (Lipinski definition) is 4. The molecule has 2 aliphatic heterocycles. The van der Waals surface area contributed by atoms with Gasteiger partial charge in [-0.1, -0.05) is 95.0 Å². The van der Waals surface area contributed by atoms with Crippen LogP contribution in [0.4, 0.5) is 5.69 Å². The van der Waals surface area contributed by atoms with Gasteiger partial charge >= 0.3 is 0 Å². The molecule has 48 heavy (non-hydrogen) atoms. The van der Waals surface area contributed by atoms with Crippen LogP contribution in [0.3, 0.4) is 0 Å². The normalized spacial score (nSPS) is 17.2. The third-order valence-electron chi connectivity index (χ3n) is 10.3. The number of rotatable bonds is 9. The fourth-order valence-corrected chi connectivity index (χ4v) is 9.19. The average Bonchev–Trinajstić information content (AvgIpc) is 3.39. The zero-order chi connectivity index (χ0) is 34.2. The smallest absolute Gasteiger partial charge is 0.254 e. The monoisotopic (exact) mass is 703 g/mol. The number of nitrogens with zero attached hydrogens (tertiary/aromatic N) is 3. The Morgan fingerprint density at radius 1 is 0.854 bits per heavy atom. The van der Waals surface area contributed by atoms with Gasteiger partial charge in [0.1, 0.15) is 0 Å². The Balaban J connectivity index is 1.29. The first-order valence-electron chi connectivity index (χ1n) is 16.5. The van der Waals surface area contributed by atoms with Crippen molar-refractivity contribution in [2.75, 3.05) is 43.8 Å². The van der Waals surface area contributed by atoms with Crippen LogP contribution in [0.2, 0.25) is 10.0 Å². The minimum absolute atomic E-state index is 0.0315. The summed E-state index contributed by atoms with van der Waals surface area (Å²) in [5, 5.41) is 0.987. The predicted octanol–water partition coefficient (Wildman–Crippen LogP) is 8.41. The van der Waals surface area contributed by atoms with Crippen molar-refractivity contribution in [2.24, 2.45) is 0 Å². The third-order valence-corrected chi connectivity index (χ3v) is 12.1. The van der Waals surface area contributed by atoms with E-state index in [1.165, 1.54) is 6.26 Å². The summed E-state index contributed by atoms with van der Waals surface area (Å²) in [5.74, 6) is -0.109. The van der Waals surface area contributed by atoms with Gasteiger partial charge < -0.3 is 9.80 Å². The molecule has 1 amide bonds. The lowest BCUT2D eigenvalue weighted by Gasteiger charge is -2.41. The lowest BCUT2D eigenvalue weighted by atomic mass is 9.74. The molecule has 1 spiro atoms. The van der Waals surface area contributed by atoms with Gasteiger partial charge in [-0.05, 0) is 99.8 Å². The van der Waals surface area contributed by atoms with Gasteiger partial charge in [-0.25, -0.2) is 8.42 Å². The number of amides is 1. The summed E-state index contributed by atoms with van der Waals surface area (Å²) < 4.78 is 27.0. The van der Waals surface area contributed by atoms with Crippen molar-refractivity contribution in [2.45, 2.75) is 50.5 Å². The number of hydrogen-bond donors (Lipinski definition) is 0. The van der Waals surface area contributed by atoms with Crippen LogP contribution in [0.1, 0.15) is 69.4 Å². The Hall–Kier alpha value is -3.36. The topological polar surface area (TPSA) is 60.9 Å². The molecule has 0 radical (unpaired) electrons. The largest absolute Gasteiger partial charge is 0.334 e. The Morgan fingerprint density at radius 2 is 1.50 bits per heavy atom. The van der Waals surface area contributed by atoms with Gasteiger partial charge in [0.15, 0.2) is 0 Å². The number of carbonyl (C=O) groups excluding carboxylic acids is 1.